The molecule has 0 aromatic rings. The van der Waals surface area contributed by atoms with E-state index in [2.05, 4.69) is 27.7 Å². The Morgan fingerprint density at radius 3 is 0.922 bits per heavy atom. The Morgan fingerprint density at radius 1 is 0.391 bits per heavy atom. The molecule has 0 saturated heterocycles. The highest BCUT2D eigenvalue weighted by Gasteiger charge is 2.68. The topological polar surface area (TPSA) is 130 Å². The maximum Gasteiger partial charge on any atom is 0.305 e. The van der Waals surface area contributed by atoms with Crippen LogP contribution in [0.5, 0.6) is 0 Å². The number of hydrogen-bond acceptors (Lipinski definition) is 10. The highest BCUT2D eigenvalue weighted by atomic mass is 16.7. The van der Waals surface area contributed by atoms with Gasteiger partial charge in [0.05, 0.1) is 26.1 Å². The van der Waals surface area contributed by atoms with Gasteiger partial charge in [0.25, 0.3) is 0 Å². The molecule has 2 N–H and O–H groups in total. The molecule has 4 saturated carbocycles. The van der Waals surface area contributed by atoms with Crippen molar-refractivity contribution in [1.82, 2.24) is 0 Å². The number of esters is 2. The summed E-state index contributed by atoms with van der Waals surface area (Å²) in [6.45, 7) is 11.9. The second-order valence-electron chi connectivity index (χ2n) is 21.2. The number of aliphatic hydroxyl groups is 2. The summed E-state index contributed by atoms with van der Waals surface area (Å²) in [5, 5.41) is 21.9. The van der Waals surface area contributed by atoms with Gasteiger partial charge in [-0.2, -0.15) is 0 Å². The van der Waals surface area contributed by atoms with Crippen LogP contribution < -0.4 is 0 Å². The van der Waals surface area contributed by atoms with Gasteiger partial charge < -0.3 is 38.6 Å². The fourth-order valence-corrected chi connectivity index (χ4v) is 12.1. The van der Waals surface area contributed by atoms with E-state index < -0.39 is 34.2 Å². The van der Waals surface area contributed by atoms with Crippen molar-refractivity contribution in [2.45, 2.75) is 259 Å². The van der Waals surface area contributed by atoms with Gasteiger partial charge in [0.1, 0.15) is 0 Å². The second-order valence-corrected chi connectivity index (χ2v) is 21.2. The molecule has 0 atom stereocenters. The first-order valence-electron chi connectivity index (χ1n) is 27.1. The van der Waals surface area contributed by atoms with Gasteiger partial charge in [-0.15, -0.1) is 0 Å². The van der Waals surface area contributed by atoms with Gasteiger partial charge in [-0.1, -0.05) is 156 Å². The molecule has 4 fully saturated rings. The Balaban J connectivity index is 1.55. The van der Waals surface area contributed by atoms with Crippen molar-refractivity contribution in [2.24, 2.45) is 21.7 Å². The zero-order valence-corrected chi connectivity index (χ0v) is 42.0. The molecule has 0 unspecified atom stereocenters. The molecule has 0 amide bonds. The largest absolute Gasteiger partial charge is 0.465 e. The summed E-state index contributed by atoms with van der Waals surface area (Å²) in [5.41, 5.74) is -1.61. The number of ether oxygens (including phenoxy) is 6. The molecular weight excluding hydrogens is 809 g/mol. The van der Waals surface area contributed by atoms with Crippen molar-refractivity contribution < 1.29 is 48.2 Å². The third-order valence-electron chi connectivity index (χ3n) is 14.6. The minimum atomic E-state index is -0.430. The molecule has 0 spiro atoms. The summed E-state index contributed by atoms with van der Waals surface area (Å²) in [6, 6.07) is 0. The molecule has 4 aliphatic rings. The monoisotopic (exact) mass is 909 g/mol. The lowest BCUT2D eigenvalue weighted by atomic mass is 9.36. The standard InChI is InChI=1S/C54H100O10/c1-5-9-13-17-21-25-33-59-49(60-34-26-22-18-14-10-6-2)31-29-47(57)63-45-53-38-51(43-55)37-52(39-53,44-56)41-54(40-51,42-53)46-64-48(58)30-32-50(61-35-27-23-19-15-11-7-3)62-36-28-24-20-16-12-8-4/h49-50,55-56H,5-46H2,1-4H3. The van der Waals surface area contributed by atoms with Crippen LogP contribution in [0.4, 0.5) is 0 Å². The van der Waals surface area contributed by atoms with Crippen LogP contribution in [0.1, 0.15) is 246 Å². The van der Waals surface area contributed by atoms with Crippen molar-refractivity contribution in [3.05, 3.63) is 0 Å². The first-order chi connectivity index (χ1) is 31.1. The van der Waals surface area contributed by atoms with Crippen molar-refractivity contribution >= 4 is 11.9 Å². The van der Waals surface area contributed by atoms with Crippen LogP contribution in [-0.2, 0) is 38.0 Å². The van der Waals surface area contributed by atoms with Gasteiger partial charge in [0.2, 0.25) is 0 Å². The molecule has 376 valence electrons. The minimum absolute atomic E-state index is 0.00126. The Morgan fingerprint density at radius 2 is 0.641 bits per heavy atom. The van der Waals surface area contributed by atoms with Gasteiger partial charge >= 0.3 is 11.9 Å². The summed E-state index contributed by atoms with van der Waals surface area (Å²) >= 11 is 0. The zero-order valence-electron chi connectivity index (χ0n) is 42.0. The summed E-state index contributed by atoms with van der Waals surface area (Å²) in [7, 11) is 0. The van der Waals surface area contributed by atoms with E-state index in [4.69, 9.17) is 28.4 Å². The Labute approximate surface area is 392 Å². The zero-order chi connectivity index (χ0) is 46.3. The lowest BCUT2D eigenvalue weighted by molar-refractivity contribution is -0.245. The number of unbranched alkanes of at least 4 members (excludes halogenated alkanes) is 20. The molecule has 4 bridgehead atoms. The Kier molecular flexibility index (Phi) is 29.6. The Bertz CT molecular complexity index is 1060. The summed E-state index contributed by atoms with van der Waals surface area (Å²) in [6.07, 6.45) is 33.4. The van der Waals surface area contributed by atoms with Crippen LogP contribution in [0.25, 0.3) is 0 Å². The first-order valence-corrected chi connectivity index (χ1v) is 27.1. The molecule has 64 heavy (non-hydrogen) atoms. The molecule has 10 heteroatoms. The van der Waals surface area contributed by atoms with Gasteiger partial charge in [-0.05, 0) is 75.0 Å². The van der Waals surface area contributed by atoms with Gasteiger partial charge in [0, 0.05) is 63.3 Å². The maximum absolute atomic E-state index is 13.5. The van der Waals surface area contributed by atoms with E-state index >= 15 is 0 Å². The summed E-state index contributed by atoms with van der Waals surface area (Å²) in [4.78, 5) is 26.9. The van der Waals surface area contributed by atoms with E-state index in [1.54, 1.807) is 0 Å². The summed E-state index contributed by atoms with van der Waals surface area (Å²) < 4.78 is 37.1. The van der Waals surface area contributed by atoms with E-state index in [-0.39, 0.29) is 51.2 Å². The average molecular weight is 909 g/mol. The van der Waals surface area contributed by atoms with Gasteiger partial charge in [-0.3, -0.25) is 9.59 Å². The predicted octanol–water partition coefficient (Wildman–Crippen LogP) is 13.1. The lowest BCUT2D eigenvalue weighted by Gasteiger charge is -2.69. The lowest BCUT2D eigenvalue weighted by Crippen LogP contribution is -2.65. The number of aliphatic hydroxyl groups excluding tert-OH is 2. The van der Waals surface area contributed by atoms with E-state index in [1.807, 2.05) is 0 Å². The van der Waals surface area contributed by atoms with Gasteiger partial charge in [-0.25, -0.2) is 0 Å². The highest BCUT2D eigenvalue weighted by Crippen LogP contribution is 2.73. The first kappa shape index (κ1) is 57.0. The van der Waals surface area contributed by atoms with Crippen molar-refractivity contribution in [3.63, 3.8) is 0 Å². The quantitative estimate of drug-likeness (QED) is 0.0346. The van der Waals surface area contributed by atoms with Crippen molar-refractivity contribution in [1.29, 1.82) is 0 Å². The number of carbonyl (C=O) groups excluding carboxylic acids is 2. The van der Waals surface area contributed by atoms with Crippen molar-refractivity contribution in [2.75, 3.05) is 52.9 Å². The second kappa shape index (κ2) is 33.2. The van der Waals surface area contributed by atoms with Crippen LogP contribution in [0.3, 0.4) is 0 Å². The smallest absolute Gasteiger partial charge is 0.305 e. The number of hydrogen-bond donors (Lipinski definition) is 2. The normalized spacial score (nSPS) is 23.8. The average Bonchev–Trinajstić information content (AvgIpc) is 3.29. The fraction of sp³-hybridized carbons (Fsp3) is 0.963. The van der Waals surface area contributed by atoms with Crippen LogP contribution in [0.2, 0.25) is 0 Å². The van der Waals surface area contributed by atoms with E-state index in [0.717, 1.165) is 89.9 Å². The molecule has 4 rings (SSSR count). The predicted molar refractivity (Wildman–Crippen MR) is 257 cm³/mol. The van der Waals surface area contributed by atoms with E-state index in [9.17, 15) is 19.8 Å². The molecule has 0 radical (unpaired) electrons. The van der Waals surface area contributed by atoms with Crippen LogP contribution >= 0.6 is 0 Å². The number of carbonyl (C=O) groups is 2. The van der Waals surface area contributed by atoms with E-state index in [1.165, 1.54) is 103 Å². The minimum Gasteiger partial charge on any atom is -0.465 e. The molecule has 0 heterocycles. The SMILES string of the molecule is CCCCCCCCOC(CCC(=O)OCC12CC3(CO)CC(CO)(C1)CC(COC(=O)CCC(OCCCCCCCC)OCCCCCCCC)(C3)C2)OCCCCCCCC. The van der Waals surface area contributed by atoms with Crippen LogP contribution in [-0.4, -0.2) is 87.6 Å². The third-order valence-corrected chi connectivity index (χ3v) is 14.6. The van der Waals surface area contributed by atoms with E-state index in [0.29, 0.717) is 39.3 Å². The third kappa shape index (κ3) is 22.2. The Hall–Kier alpha value is -1.30. The van der Waals surface area contributed by atoms with Crippen LogP contribution in [0.15, 0.2) is 0 Å². The summed E-state index contributed by atoms with van der Waals surface area (Å²) in [5.74, 6) is -0.536. The molecule has 0 aromatic heterocycles. The maximum atomic E-state index is 13.5. The molecule has 0 aliphatic heterocycles. The van der Waals surface area contributed by atoms with Crippen LogP contribution in [0, 0.1) is 21.7 Å². The molecule has 0 aromatic carbocycles. The highest BCUT2D eigenvalue weighted by molar-refractivity contribution is 5.69. The fourth-order valence-electron chi connectivity index (χ4n) is 12.1. The molecule has 10 nitrogen and oxygen atoms in total. The van der Waals surface area contributed by atoms with Crippen molar-refractivity contribution in [3.8, 4) is 0 Å². The molecule has 4 aliphatic carbocycles. The number of rotatable bonds is 44. The molecular formula is C54H100O10. The van der Waals surface area contributed by atoms with Gasteiger partial charge in [0.15, 0.2) is 12.6 Å².